The average Bonchev–Trinajstić information content (AvgIpc) is 3.31. The third-order valence-electron chi connectivity index (χ3n) is 11.6. The third-order valence-corrected chi connectivity index (χ3v) is 12.3. The molecule has 0 unspecified atom stereocenters. The monoisotopic (exact) mass is 865 g/mol. The van der Waals surface area contributed by atoms with Gasteiger partial charge in [0.25, 0.3) is 0 Å². The van der Waals surface area contributed by atoms with Gasteiger partial charge in [0, 0.05) is 19.0 Å². The van der Waals surface area contributed by atoms with E-state index in [1.165, 1.54) is 7.11 Å². The van der Waals surface area contributed by atoms with Crippen LogP contribution in [0.15, 0.2) is 133 Å². The van der Waals surface area contributed by atoms with Crippen LogP contribution in [-0.2, 0) is 40.3 Å². The number of nitrogens with one attached hydrogen (secondary N) is 1. The van der Waals surface area contributed by atoms with Crippen LogP contribution in [0.2, 0.25) is 10.0 Å². The molecule has 0 aromatic heterocycles. The minimum Gasteiger partial charge on any atom is -0.489 e. The minimum absolute atomic E-state index is 0.0789. The zero-order chi connectivity index (χ0) is 43.2. The number of nitriles is 1. The summed E-state index contributed by atoms with van der Waals surface area (Å²) in [5, 5.41) is 13.2. The third kappa shape index (κ3) is 9.59. The zero-order valence-electron chi connectivity index (χ0n) is 34.4. The molecule has 4 atom stereocenters. The van der Waals surface area contributed by atoms with Gasteiger partial charge in [0.15, 0.2) is 17.6 Å². The van der Waals surface area contributed by atoms with Crippen LogP contribution in [-0.4, -0.2) is 42.6 Å². The molecule has 314 valence electrons. The topological polar surface area (TPSA) is 110 Å². The molecule has 0 aliphatic carbocycles. The molecular formula is C51H45Cl2N3O6. The number of benzene rings is 6. The number of amides is 1. The first-order valence-corrected chi connectivity index (χ1v) is 21.4. The Kier molecular flexibility index (Phi) is 13.1. The number of hydrogen-bond acceptors (Lipinski definition) is 8. The highest BCUT2D eigenvalue weighted by Gasteiger charge is 2.39. The van der Waals surface area contributed by atoms with E-state index in [0.29, 0.717) is 59.0 Å². The molecule has 6 aromatic carbocycles. The van der Waals surface area contributed by atoms with Gasteiger partial charge in [-0.05, 0) is 106 Å². The lowest BCUT2D eigenvalue weighted by molar-refractivity contribution is -0.146. The summed E-state index contributed by atoms with van der Waals surface area (Å²) in [4.78, 5) is 30.1. The lowest BCUT2D eigenvalue weighted by atomic mass is 9.89. The number of nitrogens with zero attached hydrogens (tertiary/aromatic N) is 2. The quantitative estimate of drug-likeness (QED) is 0.114. The number of esters is 1. The van der Waals surface area contributed by atoms with Crippen molar-refractivity contribution in [1.82, 2.24) is 10.2 Å². The molecule has 0 bridgehead atoms. The number of halogens is 2. The van der Waals surface area contributed by atoms with Crippen LogP contribution < -0.4 is 19.5 Å². The van der Waals surface area contributed by atoms with Crippen molar-refractivity contribution in [3.63, 3.8) is 0 Å². The Morgan fingerprint density at radius 1 is 0.839 bits per heavy atom. The molecule has 2 heterocycles. The van der Waals surface area contributed by atoms with Crippen LogP contribution in [0.5, 0.6) is 17.2 Å². The second-order valence-corrected chi connectivity index (χ2v) is 16.3. The van der Waals surface area contributed by atoms with Gasteiger partial charge >= 0.3 is 5.97 Å². The summed E-state index contributed by atoms with van der Waals surface area (Å²) in [7, 11) is 1.34. The van der Waals surface area contributed by atoms with Crippen molar-refractivity contribution in [2.45, 2.75) is 63.6 Å². The average molecular weight is 867 g/mol. The van der Waals surface area contributed by atoms with E-state index in [9.17, 15) is 14.9 Å². The number of rotatable bonds is 13. The summed E-state index contributed by atoms with van der Waals surface area (Å²) < 4.78 is 24.1. The number of ether oxygens (including phenoxy) is 4. The normalized spacial score (nSPS) is 16.6. The van der Waals surface area contributed by atoms with E-state index in [-0.39, 0.29) is 24.5 Å². The Bertz CT molecular complexity index is 2580. The highest BCUT2D eigenvalue weighted by Crippen LogP contribution is 2.43. The summed E-state index contributed by atoms with van der Waals surface area (Å²) in [6.45, 7) is 3.27. The Balaban J connectivity index is 0.996. The Morgan fingerprint density at radius 3 is 2.21 bits per heavy atom. The van der Waals surface area contributed by atoms with E-state index < -0.39 is 18.1 Å². The zero-order valence-corrected chi connectivity index (χ0v) is 35.9. The van der Waals surface area contributed by atoms with Gasteiger partial charge < -0.3 is 24.3 Å². The largest absolute Gasteiger partial charge is 0.489 e. The van der Waals surface area contributed by atoms with Gasteiger partial charge in [0.05, 0.1) is 34.8 Å². The number of hydrogen-bond donors (Lipinski definition) is 1. The number of methoxy groups -OCH3 is 1. The van der Waals surface area contributed by atoms with E-state index in [1.54, 1.807) is 24.3 Å². The summed E-state index contributed by atoms with van der Waals surface area (Å²) >= 11 is 12.2. The van der Waals surface area contributed by atoms with Gasteiger partial charge in [0.1, 0.15) is 25.0 Å². The lowest BCUT2D eigenvalue weighted by Gasteiger charge is -2.42. The fourth-order valence-electron chi connectivity index (χ4n) is 8.23. The predicted molar refractivity (Wildman–Crippen MR) is 239 cm³/mol. The molecule has 1 N–H and O–H groups in total. The molecule has 2 aliphatic rings. The van der Waals surface area contributed by atoms with Crippen LogP contribution in [0, 0.1) is 11.3 Å². The fraction of sp³-hybridized carbons (Fsp3) is 0.235. The summed E-state index contributed by atoms with van der Waals surface area (Å²) in [6.07, 6.45) is 1.08. The number of carbonyl (C=O) groups is 2. The van der Waals surface area contributed by atoms with Crippen molar-refractivity contribution < 1.29 is 28.5 Å². The highest BCUT2D eigenvalue weighted by atomic mass is 35.5. The van der Waals surface area contributed by atoms with Crippen molar-refractivity contribution >= 4 is 35.1 Å². The van der Waals surface area contributed by atoms with E-state index in [2.05, 4.69) is 35.3 Å². The molecule has 8 rings (SSSR count). The Hall–Kier alpha value is -6.31. The van der Waals surface area contributed by atoms with Gasteiger partial charge in [-0.25, -0.2) is 4.79 Å². The molecule has 0 fully saturated rings. The van der Waals surface area contributed by atoms with Gasteiger partial charge in [0.2, 0.25) is 5.91 Å². The molecule has 0 radical (unpaired) electrons. The van der Waals surface area contributed by atoms with Gasteiger partial charge in [-0.15, -0.1) is 0 Å². The second-order valence-electron chi connectivity index (χ2n) is 15.5. The maximum Gasteiger partial charge on any atom is 0.328 e. The smallest absolute Gasteiger partial charge is 0.328 e. The van der Waals surface area contributed by atoms with E-state index >= 15 is 0 Å². The maximum absolute atomic E-state index is 14.6. The number of fused-ring (bicyclic) bond motifs is 2. The van der Waals surface area contributed by atoms with E-state index in [4.69, 9.17) is 42.1 Å². The molecule has 1 amide bonds. The van der Waals surface area contributed by atoms with Crippen molar-refractivity contribution in [3.8, 4) is 34.4 Å². The first-order chi connectivity index (χ1) is 30.2. The van der Waals surface area contributed by atoms with Crippen LogP contribution in [0.1, 0.15) is 64.4 Å². The first kappa shape index (κ1) is 42.4. The maximum atomic E-state index is 14.6. The summed E-state index contributed by atoms with van der Waals surface area (Å²) in [5.41, 5.74) is 8.41. The molecule has 0 saturated carbocycles. The van der Waals surface area contributed by atoms with Crippen LogP contribution in [0.3, 0.4) is 0 Å². The standard InChI is InChI=1S/C51H45Cl2N3O6/c1-3-45(37-7-5-4-6-8-37)56-29-40-27-48-47(61-31-49(62-48)38-18-20-41(21-19-38)60-30-34-13-22-42(52)43(53)23-34)26-39(40)25-46(56)50(57)55-44(51(58)59-2)24-32-9-14-35(15-10-32)36-16-11-33(28-54)12-17-36/h4-23,26-27,44-46,49H,3,24-25,29-31H2,1-2H3,(H,55,57)/t44-,45+,46-,49+/m0/s1. The van der Waals surface area contributed by atoms with E-state index in [1.807, 2.05) is 97.1 Å². The first-order valence-electron chi connectivity index (χ1n) is 20.6. The molecule has 11 heteroatoms. The Labute approximate surface area is 371 Å². The molecule has 2 aliphatic heterocycles. The van der Waals surface area contributed by atoms with Crippen molar-refractivity contribution in [2.75, 3.05) is 13.7 Å². The van der Waals surface area contributed by atoms with Crippen molar-refractivity contribution in [1.29, 1.82) is 5.26 Å². The fourth-order valence-corrected chi connectivity index (χ4v) is 8.55. The minimum atomic E-state index is -0.909. The molecule has 9 nitrogen and oxygen atoms in total. The van der Waals surface area contributed by atoms with Gasteiger partial charge in [-0.2, -0.15) is 5.26 Å². The highest BCUT2D eigenvalue weighted by molar-refractivity contribution is 6.42. The van der Waals surface area contributed by atoms with E-state index in [0.717, 1.165) is 50.9 Å². The predicted octanol–water partition coefficient (Wildman–Crippen LogP) is 10.4. The van der Waals surface area contributed by atoms with Crippen LogP contribution in [0.25, 0.3) is 11.1 Å². The van der Waals surface area contributed by atoms with Crippen LogP contribution in [0.4, 0.5) is 0 Å². The lowest BCUT2D eigenvalue weighted by Crippen LogP contribution is -2.55. The summed E-state index contributed by atoms with van der Waals surface area (Å²) in [6, 6.07) is 43.2. The Morgan fingerprint density at radius 2 is 1.53 bits per heavy atom. The summed E-state index contributed by atoms with van der Waals surface area (Å²) in [5.74, 6) is 1.20. The molecule has 6 aromatic rings. The molecular weight excluding hydrogens is 821 g/mol. The van der Waals surface area contributed by atoms with Crippen LogP contribution >= 0.6 is 23.2 Å². The second kappa shape index (κ2) is 19.2. The number of carbonyl (C=O) groups excluding carboxylic acids is 2. The molecule has 0 spiro atoms. The van der Waals surface area contributed by atoms with Crippen molar-refractivity contribution in [3.05, 3.63) is 182 Å². The van der Waals surface area contributed by atoms with Crippen molar-refractivity contribution in [2.24, 2.45) is 0 Å². The van der Waals surface area contributed by atoms with Gasteiger partial charge in [-0.1, -0.05) is 115 Å². The molecule has 62 heavy (non-hydrogen) atoms. The SMILES string of the molecule is CC[C@H](c1ccccc1)N1Cc2cc3c(cc2C[C@H]1C(=O)N[C@@H](Cc1ccc(-c2ccc(C#N)cc2)cc1)C(=O)OC)OC[C@H](c1ccc(OCc2ccc(Cl)c(Cl)c2)cc1)O3. The van der Waals surface area contributed by atoms with Gasteiger partial charge in [-0.3, -0.25) is 9.69 Å². The molecule has 0 saturated heterocycles.